The average molecular weight is 388 g/mol. The van der Waals surface area contributed by atoms with Gasteiger partial charge in [0.05, 0.1) is 19.0 Å². The summed E-state index contributed by atoms with van der Waals surface area (Å²) in [5.41, 5.74) is 15.8. The number of hydrogen-bond acceptors (Lipinski definition) is 7. The highest BCUT2D eigenvalue weighted by Crippen LogP contribution is 2.02. The second-order valence-corrected chi connectivity index (χ2v) is 5.98. The molecule has 0 aromatic rings. The second-order valence-electron chi connectivity index (χ2n) is 5.98. The zero-order valence-electron chi connectivity index (χ0n) is 15.2. The van der Waals surface area contributed by atoms with Crippen LogP contribution < -0.4 is 33.2 Å². The Balaban J connectivity index is 4.86. The largest absolute Gasteiger partial charge is 0.480 e. The van der Waals surface area contributed by atoms with Crippen LogP contribution in [0.5, 0.6) is 0 Å². The second kappa shape index (κ2) is 12.6. The predicted octanol–water partition coefficient (Wildman–Crippen LogP) is -3.49. The predicted molar refractivity (Wildman–Crippen MR) is 94.9 cm³/mol. The highest BCUT2D eigenvalue weighted by molar-refractivity contribution is 5.94. The van der Waals surface area contributed by atoms with E-state index < -0.39 is 60.7 Å². The topological polar surface area (TPSA) is 220 Å². The number of nitrogens with one attached hydrogen (secondary N) is 3. The molecular formula is C15H28N6O6. The minimum atomic E-state index is -1.38. The quantitative estimate of drug-likeness (QED) is 0.156. The van der Waals surface area contributed by atoms with Gasteiger partial charge in [-0.3, -0.25) is 19.2 Å². The summed E-state index contributed by atoms with van der Waals surface area (Å²) in [5.74, 6) is -4.34. The fraction of sp³-hybridized carbons (Fsp3) is 0.667. The molecule has 0 heterocycles. The smallest absolute Gasteiger partial charge is 0.326 e. The molecule has 27 heavy (non-hydrogen) atoms. The van der Waals surface area contributed by atoms with Gasteiger partial charge in [0.1, 0.15) is 12.1 Å². The SMILES string of the molecule is CC(N)C(=O)NCC(=O)NC(CC(N)=O)C(=O)NC(CCCCN)C(=O)O. The van der Waals surface area contributed by atoms with Crippen LogP contribution in [0.1, 0.15) is 32.6 Å². The number of hydrogen-bond donors (Lipinski definition) is 7. The van der Waals surface area contributed by atoms with Crippen LogP contribution in [-0.2, 0) is 24.0 Å². The number of unbranched alkanes of at least 4 members (excludes halogenated alkanes) is 1. The van der Waals surface area contributed by atoms with Gasteiger partial charge in [0, 0.05) is 0 Å². The Bertz CT molecular complexity index is 553. The van der Waals surface area contributed by atoms with E-state index in [4.69, 9.17) is 17.2 Å². The van der Waals surface area contributed by atoms with Crippen LogP contribution in [0.25, 0.3) is 0 Å². The molecule has 0 fully saturated rings. The third kappa shape index (κ3) is 10.8. The molecule has 0 aliphatic rings. The summed E-state index contributed by atoms with van der Waals surface area (Å²) in [6.45, 7) is 1.34. The van der Waals surface area contributed by atoms with Gasteiger partial charge in [0.2, 0.25) is 23.6 Å². The van der Waals surface area contributed by atoms with E-state index in [1.54, 1.807) is 0 Å². The first-order valence-corrected chi connectivity index (χ1v) is 8.42. The van der Waals surface area contributed by atoms with Gasteiger partial charge in [-0.2, -0.15) is 0 Å². The lowest BCUT2D eigenvalue weighted by Crippen LogP contribution is -2.54. The molecule has 0 spiro atoms. The van der Waals surface area contributed by atoms with Gasteiger partial charge in [-0.25, -0.2) is 4.79 Å². The van der Waals surface area contributed by atoms with Gasteiger partial charge < -0.3 is 38.3 Å². The number of carboxylic acids is 1. The molecule has 3 unspecified atom stereocenters. The highest BCUT2D eigenvalue weighted by atomic mass is 16.4. The van der Waals surface area contributed by atoms with Crippen molar-refractivity contribution in [2.45, 2.75) is 50.7 Å². The molecule has 0 aromatic carbocycles. The third-order valence-electron chi connectivity index (χ3n) is 3.46. The Morgan fingerprint density at radius 2 is 1.63 bits per heavy atom. The molecule has 3 atom stereocenters. The van der Waals surface area contributed by atoms with Crippen molar-refractivity contribution in [3.63, 3.8) is 0 Å². The van der Waals surface area contributed by atoms with E-state index in [1.165, 1.54) is 6.92 Å². The Morgan fingerprint density at radius 3 is 2.11 bits per heavy atom. The number of aliphatic carboxylic acids is 1. The van der Waals surface area contributed by atoms with Crippen molar-refractivity contribution in [1.29, 1.82) is 0 Å². The lowest BCUT2D eigenvalue weighted by atomic mass is 10.1. The maximum Gasteiger partial charge on any atom is 0.326 e. The van der Waals surface area contributed by atoms with E-state index >= 15 is 0 Å². The van der Waals surface area contributed by atoms with Gasteiger partial charge >= 0.3 is 5.97 Å². The molecule has 4 amide bonds. The Morgan fingerprint density at radius 1 is 1.00 bits per heavy atom. The number of carbonyl (C=O) groups excluding carboxylic acids is 4. The lowest BCUT2D eigenvalue weighted by molar-refractivity contribution is -0.142. The van der Waals surface area contributed by atoms with E-state index in [-0.39, 0.29) is 6.42 Å². The van der Waals surface area contributed by atoms with Gasteiger partial charge in [-0.1, -0.05) is 0 Å². The van der Waals surface area contributed by atoms with Crippen molar-refractivity contribution < 1.29 is 29.1 Å². The van der Waals surface area contributed by atoms with Crippen LogP contribution in [-0.4, -0.2) is 65.9 Å². The number of primary amides is 1. The van der Waals surface area contributed by atoms with Crippen molar-refractivity contribution in [3.05, 3.63) is 0 Å². The first-order chi connectivity index (χ1) is 12.6. The van der Waals surface area contributed by atoms with E-state index in [0.29, 0.717) is 19.4 Å². The van der Waals surface area contributed by atoms with Crippen molar-refractivity contribution in [3.8, 4) is 0 Å². The van der Waals surface area contributed by atoms with Crippen LogP contribution >= 0.6 is 0 Å². The van der Waals surface area contributed by atoms with Crippen molar-refractivity contribution in [1.82, 2.24) is 16.0 Å². The zero-order chi connectivity index (χ0) is 21.0. The van der Waals surface area contributed by atoms with E-state index in [0.717, 1.165) is 0 Å². The highest BCUT2D eigenvalue weighted by Gasteiger charge is 2.27. The number of nitrogens with two attached hydrogens (primary N) is 3. The Hall–Kier alpha value is -2.73. The summed E-state index contributed by atoms with van der Waals surface area (Å²) in [4.78, 5) is 57.9. The molecule has 0 saturated heterocycles. The summed E-state index contributed by atoms with van der Waals surface area (Å²) in [6.07, 6.45) is 0.665. The molecule has 0 aliphatic carbocycles. The number of carboxylic acid groups (broad SMARTS) is 1. The summed E-state index contributed by atoms with van der Waals surface area (Å²) in [6, 6.07) is -3.40. The van der Waals surface area contributed by atoms with Gasteiger partial charge in [-0.15, -0.1) is 0 Å². The first-order valence-electron chi connectivity index (χ1n) is 8.42. The Kier molecular flexibility index (Phi) is 11.3. The number of rotatable bonds is 13. The average Bonchev–Trinajstić information content (AvgIpc) is 2.57. The minimum Gasteiger partial charge on any atom is -0.480 e. The standard InChI is InChI=1S/C15H28N6O6/c1-8(17)13(24)19-7-12(23)20-10(6-11(18)22)14(25)21-9(15(26)27)4-2-3-5-16/h8-10H,2-7,16-17H2,1H3,(H2,18,22)(H,19,24)(H,20,23)(H,21,25)(H,26,27). The summed E-state index contributed by atoms with van der Waals surface area (Å²) in [7, 11) is 0. The van der Waals surface area contributed by atoms with Crippen molar-refractivity contribution in [2.75, 3.05) is 13.1 Å². The molecule has 12 heteroatoms. The fourth-order valence-electron chi connectivity index (χ4n) is 2.01. The van der Waals surface area contributed by atoms with Crippen LogP contribution in [0.2, 0.25) is 0 Å². The molecule has 0 saturated carbocycles. The molecule has 154 valence electrons. The van der Waals surface area contributed by atoms with Crippen LogP contribution in [0.4, 0.5) is 0 Å². The molecular weight excluding hydrogens is 360 g/mol. The third-order valence-corrected chi connectivity index (χ3v) is 3.46. The first kappa shape index (κ1) is 24.3. The van der Waals surface area contributed by atoms with Crippen molar-refractivity contribution >= 4 is 29.6 Å². The summed E-state index contributed by atoms with van der Waals surface area (Å²) < 4.78 is 0. The normalized spacial score (nSPS) is 13.7. The Labute approximate surface area is 156 Å². The van der Waals surface area contributed by atoms with E-state index in [2.05, 4.69) is 16.0 Å². The van der Waals surface area contributed by atoms with Crippen LogP contribution in [0.3, 0.4) is 0 Å². The molecule has 0 aromatic heterocycles. The maximum absolute atomic E-state index is 12.3. The molecule has 0 rings (SSSR count). The zero-order valence-corrected chi connectivity index (χ0v) is 15.2. The lowest BCUT2D eigenvalue weighted by Gasteiger charge is -2.21. The van der Waals surface area contributed by atoms with E-state index in [1.807, 2.05) is 0 Å². The van der Waals surface area contributed by atoms with Crippen LogP contribution in [0.15, 0.2) is 0 Å². The van der Waals surface area contributed by atoms with Gasteiger partial charge in [-0.05, 0) is 32.7 Å². The monoisotopic (exact) mass is 388 g/mol. The molecule has 10 N–H and O–H groups in total. The summed E-state index contributed by atoms with van der Waals surface area (Å²) >= 11 is 0. The fourth-order valence-corrected chi connectivity index (χ4v) is 2.01. The van der Waals surface area contributed by atoms with Crippen LogP contribution in [0, 0.1) is 0 Å². The number of amides is 4. The van der Waals surface area contributed by atoms with Gasteiger partial charge in [0.25, 0.3) is 0 Å². The summed E-state index contributed by atoms with van der Waals surface area (Å²) in [5, 5.41) is 15.9. The van der Waals surface area contributed by atoms with Gasteiger partial charge in [0.15, 0.2) is 0 Å². The van der Waals surface area contributed by atoms with Crippen molar-refractivity contribution in [2.24, 2.45) is 17.2 Å². The molecule has 0 bridgehead atoms. The minimum absolute atomic E-state index is 0.139. The number of carbonyl (C=O) groups is 5. The molecule has 0 aliphatic heterocycles. The maximum atomic E-state index is 12.3. The molecule has 0 radical (unpaired) electrons. The van der Waals surface area contributed by atoms with E-state index in [9.17, 15) is 29.1 Å². The molecule has 12 nitrogen and oxygen atoms in total.